The maximum Gasteiger partial charge on any atom is 0.190 e. The van der Waals surface area contributed by atoms with Crippen LogP contribution in [0.4, 0.5) is 5.82 Å². The highest BCUT2D eigenvalue weighted by Crippen LogP contribution is 2.25. The number of nitrogens with two attached hydrogens (primary N) is 1. The van der Waals surface area contributed by atoms with Crippen molar-refractivity contribution in [2.24, 2.45) is 7.05 Å². The molecule has 2 N–H and O–H groups in total. The van der Waals surface area contributed by atoms with Crippen molar-refractivity contribution in [3.05, 3.63) is 41.7 Å². The van der Waals surface area contributed by atoms with Crippen LogP contribution < -0.4 is 5.73 Å². The summed E-state index contributed by atoms with van der Waals surface area (Å²) in [6, 6.07) is 9.96. The normalized spacial score (nSPS) is 11.1. The summed E-state index contributed by atoms with van der Waals surface area (Å²) < 4.78 is 1.90. The van der Waals surface area contributed by atoms with Crippen LogP contribution >= 0.6 is 11.8 Å². The van der Waals surface area contributed by atoms with Gasteiger partial charge in [-0.1, -0.05) is 30.0 Å². The molecule has 102 valence electrons. The molecule has 0 radical (unpaired) electrons. The van der Waals surface area contributed by atoms with Crippen molar-refractivity contribution in [1.82, 2.24) is 19.7 Å². The standard InChI is InChI=1S/C14H15N5S/c1-9-7-13(15)17-14(16-9)20-8-11-10-5-3-4-6-12(10)19(2)18-11/h3-7H,8H2,1-2H3,(H2,15,16,17). The summed E-state index contributed by atoms with van der Waals surface area (Å²) in [6.07, 6.45) is 0. The average Bonchev–Trinajstić information content (AvgIpc) is 2.73. The maximum atomic E-state index is 5.74. The zero-order valence-corrected chi connectivity index (χ0v) is 12.2. The van der Waals surface area contributed by atoms with E-state index < -0.39 is 0 Å². The molecule has 0 aliphatic heterocycles. The van der Waals surface area contributed by atoms with Crippen molar-refractivity contribution in [3.8, 4) is 0 Å². The van der Waals surface area contributed by atoms with Crippen LogP contribution in [0.3, 0.4) is 0 Å². The van der Waals surface area contributed by atoms with Gasteiger partial charge in [0.05, 0.1) is 11.2 Å². The Morgan fingerprint density at radius 1 is 1.25 bits per heavy atom. The molecule has 0 amide bonds. The molecule has 0 saturated heterocycles. The van der Waals surface area contributed by atoms with Gasteiger partial charge < -0.3 is 5.73 Å². The molecule has 3 rings (SSSR count). The number of nitrogens with zero attached hydrogens (tertiary/aromatic N) is 4. The molecule has 0 aliphatic carbocycles. The van der Waals surface area contributed by atoms with E-state index >= 15 is 0 Å². The van der Waals surface area contributed by atoms with Gasteiger partial charge in [-0.2, -0.15) is 5.10 Å². The van der Waals surface area contributed by atoms with Gasteiger partial charge in [-0.05, 0) is 13.0 Å². The molecule has 3 aromatic rings. The third kappa shape index (κ3) is 2.46. The van der Waals surface area contributed by atoms with E-state index in [1.54, 1.807) is 17.8 Å². The number of anilines is 1. The minimum atomic E-state index is 0.505. The Balaban J connectivity index is 1.87. The molecule has 1 aromatic carbocycles. The summed E-state index contributed by atoms with van der Waals surface area (Å²) in [6.45, 7) is 1.91. The van der Waals surface area contributed by atoms with Gasteiger partial charge in [0.1, 0.15) is 5.82 Å². The molecule has 2 heterocycles. The number of aromatic nitrogens is 4. The van der Waals surface area contributed by atoms with Crippen molar-refractivity contribution >= 4 is 28.5 Å². The molecule has 0 saturated carbocycles. The smallest absolute Gasteiger partial charge is 0.190 e. The molecular weight excluding hydrogens is 270 g/mol. The number of benzene rings is 1. The van der Waals surface area contributed by atoms with E-state index in [0.29, 0.717) is 11.0 Å². The zero-order chi connectivity index (χ0) is 14.1. The van der Waals surface area contributed by atoms with Crippen LogP contribution in [0.25, 0.3) is 10.9 Å². The summed E-state index contributed by atoms with van der Waals surface area (Å²) >= 11 is 1.55. The van der Waals surface area contributed by atoms with E-state index in [9.17, 15) is 0 Å². The topological polar surface area (TPSA) is 69.6 Å². The molecule has 6 heteroatoms. The highest BCUT2D eigenvalue weighted by molar-refractivity contribution is 7.98. The number of nitrogen functional groups attached to an aromatic ring is 1. The number of hydrogen-bond donors (Lipinski definition) is 1. The Hall–Kier alpha value is -2.08. The summed E-state index contributed by atoms with van der Waals surface area (Å²) in [4.78, 5) is 8.60. The summed E-state index contributed by atoms with van der Waals surface area (Å²) in [7, 11) is 1.96. The van der Waals surface area contributed by atoms with Crippen LogP contribution in [0.5, 0.6) is 0 Å². The van der Waals surface area contributed by atoms with Gasteiger partial charge in [0.2, 0.25) is 0 Å². The van der Waals surface area contributed by atoms with Gasteiger partial charge in [-0.15, -0.1) is 0 Å². The summed E-state index contributed by atoms with van der Waals surface area (Å²) in [5.74, 6) is 1.23. The zero-order valence-electron chi connectivity index (χ0n) is 11.4. The molecule has 0 unspecified atom stereocenters. The molecule has 20 heavy (non-hydrogen) atoms. The highest BCUT2D eigenvalue weighted by Gasteiger charge is 2.09. The Bertz CT molecular complexity index is 745. The van der Waals surface area contributed by atoms with Gasteiger partial charge in [0.25, 0.3) is 0 Å². The van der Waals surface area contributed by atoms with E-state index in [2.05, 4.69) is 27.2 Å². The summed E-state index contributed by atoms with van der Waals surface area (Å²) in [5, 5.41) is 6.42. The first-order valence-corrected chi connectivity index (χ1v) is 7.26. The molecule has 0 atom stereocenters. The second-order valence-corrected chi connectivity index (χ2v) is 5.54. The molecule has 0 fully saturated rings. The van der Waals surface area contributed by atoms with Gasteiger partial charge in [0, 0.05) is 29.9 Å². The Kier molecular flexibility index (Phi) is 3.31. The minimum Gasteiger partial charge on any atom is -0.384 e. The molecule has 0 spiro atoms. The lowest BCUT2D eigenvalue weighted by Gasteiger charge is -2.01. The van der Waals surface area contributed by atoms with E-state index in [1.165, 1.54) is 5.39 Å². The minimum absolute atomic E-state index is 0.505. The number of para-hydroxylation sites is 1. The van der Waals surface area contributed by atoms with Gasteiger partial charge in [-0.3, -0.25) is 4.68 Å². The lowest BCUT2D eigenvalue weighted by Crippen LogP contribution is -1.97. The lowest BCUT2D eigenvalue weighted by atomic mass is 10.2. The maximum absolute atomic E-state index is 5.74. The molecule has 0 aliphatic rings. The van der Waals surface area contributed by atoms with Crippen LogP contribution in [-0.2, 0) is 12.8 Å². The quantitative estimate of drug-likeness (QED) is 0.591. The van der Waals surface area contributed by atoms with Crippen LogP contribution in [0.1, 0.15) is 11.4 Å². The average molecular weight is 285 g/mol. The van der Waals surface area contributed by atoms with Crippen LogP contribution in [0, 0.1) is 6.92 Å². The molecule has 5 nitrogen and oxygen atoms in total. The highest BCUT2D eigenvalue weighted by atomic mass is 32.2. The number of thioether (sulfide) groups is 1. The van der Waals surface area contributed by atoms with Gasteiger partial charge in [-0.25, -0.2) is 9.97 Å². The Morgan fingerprint density at radius 3 is 2.85 bits per heavy atom. The van der Waals surface area contributed by atoms with Crippen molar-refractivity contribution < 1.29 is 0 Å². The third-order valence-electron chi connectivity index (χ3n) is 3.03. The van der Waals surface area contributed by atoms with E-state index in [4.69, 9.17) is 5.73 Å². The number of fused-ring (bicyclic) bond motifs is 1. The number of hydrogen-bond acceptors (Lipinski definition) is 5. The number of aryl methyl sites for hydroxylation is 2. The predicted molar refractivity (Wildman–Crippen MR) is 81.5 cm³/mol. The first-order chi connectivity index (χ1) is 9.63. The van der Waals surface area contributed by atoms with Crippen LogP contribution in [0.2, 0.25) is 0 Å². The SMILES string of the molecule is Cc1cc(N)nc(SCc2nn(C)c3ccccc23)n1. The van der Waals surface area contributed by atoms with Gasteiger partial charge in [0.15, 0.2) is 5.16 Å². The van der Waals surface area contributed by atoms with Gasteiger partial charge >= 0.3 is 0 Å². The van der Waals surface area contributed by atoms with Crippen LogP contribution in [-0.4, -0.2) is 19.7 Å². The second-order valence-electron chi connectivity index (χ2n) is 4.59. The van der Waals surface area contributed by atoms with E-state index in [-0.39, 0.29) is 0 Å². The second kappa shape index (κ2) is 5.13. The molecule has 2 aromatic heterocycles. The molecule has 0 bridgehead atoms. The summed E-state index contributed by atoms with van der Waals surface area (Å²) in [5.41, 5.74) is 8.79. The van der Waals surface area contributed by atoms with E-state index in [0.717, 1.165) is 22.7 Å². The van der Waals surface area contributed by atoms with Crippen molar-refractivity contribution in [2.45, 2.75) is 17.8 Å². The number of rotatable bonds is 3. The van der Waals surface area contributed by atoms with Crippen LogP contribution in [0.15, 0.2) is 35.5 Å². The Morgan fingerprint density at radius 2 is 2.05 bits per heavy atom. The molecular formula is C14H15N5S. The predicted octanol–water partition coefficient (Wildman–Crippen LogP) is 2.55. The monoisotopic (exact) mass is 285 g/mol. The largest absolute Gasteiger partial charge is 0.384 e. The first kappa shape index (κ1) is 12.9. The van der Waals surface area contributed by atoms with Crippen molar-refractivity contribution in [3.63, 3.8) is 0 Å². The third-order valence-corrected chi connectivity index (χ3v) is 3.88. The van der Waals surface area contributed by atoms with Crippen molar-refractivity contribution in [1.29, 1.82) is 0 Å². The fraction of sp³-hybridized carbons (Fsp3) is 0.214. The first-order valence-electron chi connectivity index (χ1n) is 6.28. The fourth-order valence-corrected chi connectivity index (χ4v) is 3.02. The lowest BCUT2D eigenvalue weighted by molar-refractivity contribution is 0.780. The fourth-order valence-electron chi connectivity index (χ4n) is 2.16. The Labute approximate surface area is 121 Å². The van der Waals surface area contributed by atoms with Crippen molar-refractivity contribution in [2.75, 3.05) is 5.73 Å². The van der Waals surface area contributed by atoms with E-state index in [1.807, 2.05) is 30.8 Å².